The van der Waals surface area contributed by atoms with Crippen LogP contribution in [0.25, 0.3) is 0 Å². The van der Waals surface area contributed by atoms with Crippen LogP contribution in [0.1, 0.15) is 5.56 Å². The molecule has 0 aliphatic carbocycles. The van der Waals surface area contributed by atoms with Gasteiger partial charge in [0.15, 0.2) is 0 Å². The molecule has 60 valence electrons. The van der Waals surface area contributed by atoms with Crippen molar-refractivity contribution in [2.75, 3.05) is 12.0 Å². The molecular formula is C8H11NS2. The van der Waals surface area contributed by atoms with Crippen LogP contribution >= 0.6 is 21.6 Å². The van der Waals surface area contributed by atoms with Crippen LogP contribution in [0.5, 0.6) is 0 Å². The summed E-state index contributed by atoms with van der Waals surface area (Å²) in [7, 11) is 3.41. The Morgan fingerprint density at radius 3 is 2.64 bits per heavy atom. The summed E-state index contributed by atoms with van der Waals surface area (Å²) in [6, 6.07) is 6.14. The molecule has 11 heavy (non-hydrogen) atoms. The molecule has 0 spiro atoms. The normalized spacial score (nSPS) is 10.0. The smallest absolute Gasteiger partial charge is 0.0463 e. The topological polar surface area (TPSA) is 26.0 Å². The first-order valence-corrected chi connectivity index (χ1v) is 5.86. The fraction of sp³-hybridized carbons (Fsp3) is 0.250. The highest BCUT2D eigenvalue weighted by molar-refractivity contribution is 8.76. The minimum atomic E-state index is 0.879. The Morgan fingerprint density at radius 2 is 2.09 bits per heavy atom. The van der Waals surface area contributed by atoms with E-state index in [1.165, 1.54) is 5.56 Å². The van der Waals surface area contributed by atoms with Crippen LogP contribution in [0.2, 0.25) is 0 Å². The summed E-state index contributed by atoms with van der Waals surface area (Å²) in [4.78, 5) is 1.16. The van der Waals surface area contributed by atoms with Gasteiger partial charge in [0.1, 0.15) is 0 Å². The average Bonchev–Trinajstić information content (AvgIpc) is 1.95. The lowest BCUT2D eigenvalue weighted by molar-refractivity contribution is 1.39. The third-order valence-electron chi connectivity index (χ3n) is 1.34. The molecule has 0 aliphatic heterocycles. The van der Waals surface area contributed by atoms with Crippen molar-refractivity contribution in [1.82, 2.24) is 0 Å². The van der Waals surface area contributed by atoms with E-state index in [9.17, 15) is 0 Å². The molecule has 1 aromatic rings. The molecule has 0 bridgehead atoms. The SMILES string of the molecule is CSSc1ccc(C)cc1N. The fourth-order valence-electron chi connectivity index (χ4n) is 0.834. The van der Waals surface area contributed by atoms with Crippen molar-refractivity contribution in [2.45, 2.75) is 11.8 Å². The maximum atomic E-state index is 5.77. The zero-order valence-electron chi connectivity index (χ0n) is 6.63. The molecule has 0 atom stereocenters. The van der Waals surface area contributed by atoms with Crippen LogP contribution in [0.4, 0.5) is 5.69 Å². The van der Waals surface area contributed by atoms with E-state index in [0.717, 1.165) is 10.6 Å². The summed E-state index contributed by atoms with van der Waals surface area (Å²) >= 11 is 0. The number of aryl methyl sites for hydroxylation is 1. The van der Waals surface area contributed by atoms with E-state index in [0.29, 0.717) is 0 Å². The molecular weight excluding hydrogens is 174 g/mol. The highest BCUT2D eigenvalue weighted by Crippen LogP contribution is 2.33. The largest absolute Gasteiger partial charge is 0.398 e. The second-order valence-corrected chi connectivity index (χ2v) is 4.73. The maximum Gasteiger partial charge on any atom is 0.0463 e. The summed E-state index contributed by atoms with van der Waals surface area (Å²) in [6.07, 6.45) is 2.05. The van der Waals surface area contributed by atoms with E-state index >= 15 is 0 Å². The van der Waals surface area contributed by atoms with Crippen molar-refractivity contribution in [3.63, 3.8) is 0 Å². The Morgan fingerprint density at radius 1 is 1.36 bits per heavy atom. The van der Waals surface area contributed by atoms with Crippen LogP contribution < -0.4 is 5.73 Å². The third kappa shape index (κ3) is 2.34. The van der Waals surface area contributed by atoms with E-state index in [1.54, 1.807) is 21.6 Å². The number of nitrogen functional groups attached to an aromatic ring is 1. The number of benzene rings is 1. The molecule has 0 radical (unpaired) electrons. The summed E-state index contributed by atoms with van der Waals surface area (Å²) in [5.41, 5.74) is 7.87. The summed E-state index contributed by atoms with van der Waals surface area (Å²) in [5, 5.41) is 0. The van der Waals surface area contributed by atoms with Crippen molar-refractivity contribution in [1.29, 1.82) is 0 Å². The van der Waals surface area contributed by atoms with Crippen molar-refractivity contribution in [2.24, 2.45) is 0 Å². The number of rotatable bonds is 2. The Labute approximate surface area is 75.1 Å². The molecule has 0 aromatic heterocycles. The number of nitrogens with two attached hydrogens (primary N) is 1. The number of hydrogen-bond acceptors (Lipinski definition) is 3. The molecule has 1 aromatic carbocycles. The molecule has 0 saturated heterocycles. The van der Waals surface area contributed by atoms with E-state index in [-0.39, 0.29) is 0 Å². The van der Waals surface area contributed by atoms with Gasteiger partial charge in [0.25, 0.3) is 0 Å². The van der Waals surface area contributed by atoms with Gasteiger partial charge in [-0.25, -0.2) is 0 Å². The van der Waals surface area contributed by atoms with Gasteiger partial charge in [-0.3, -0.25) is 0 Å². The molecule has 0 aliphatic rings. The lowest BCUT2D eigenvalue weighted by Gasteiger charge is -2.02. The highest BCUT2D eigenvalue weighted by Gasteiger charge is 1.97. The van der Waals surface area contributed by atoms with Crippen molar-refractivity contribution in [3.8, 4) is 0 Å². The van der Waals surface area contributed by atoms with Gasteiger partial charge in [-0.1, -0.05) is 27.7 Å². The van der Waals surface area contributed by atoms with Gasteiger partial charge in [0.05, 0.1) is 0 Å². The van der Waals surface area contributed by atoms with Gasteiger partial charge in [-0.2, -0.15) is 0 Å². The Kier molecular flexibility index (Phi) is 3.15. The fourth-order valence-corrected chi connectivity index (χ4v) is 2.29. The van der Waals surface area contributed by atoms with Crippen molar-refractivity contribution in [3.05, 3.63) is 23.8 Å². The lowest BCUT2D eigenvalue weighted by Crippen LogP contribution is -1.87. The molecule has 1 nitrogen and oxygen atoms in total. The van der Waals surface area contributed by atoms with Crippen molar-refractivity contribution >= 4 is 27.3 Å². The monoisotopic (exact) mass is 185 g/mol. The van der Waals surface area contributed by atoms with Crippen molar-refractivity contribution < 1.29 is 0 Å². The van der Waals surface area contributed by atoms with Gasteiger partial charge in [-0.05, 0) is 30.9 Å². The molecule has 0 heterocycles. The molecule has 0 fully saturated rings. The predicted molar refractivity (Wildman–Crippen MR) is 55.0 cm³/mol. The molecule has 0 amide bonds. The van der Waals surface area contributed by atoms with Crippen LogP contribution in [0.3, 0.4) is 0 Å². The maximum absolute atomic E-state index is 5.77. The molecule has 0 unspecified atom stereocenters. The van der Waals surface area contributed by atoms with E-state index in [1.807, 2.05) is 19.2 Å². The number of anilines is 1. The van der Waals surface area contributed by atoms with Gasteiger partial charge >= 0.3 is 0 Å². The van der Waals surface area contributed by atoms with E-state index < -0.39 is 0 Å². The minimum Gasteiger partial charge on any atom is -0.398 e. The second-order valence-electron chi connectivity index (χ2n) is 2.29. The van der Waals surface area contributed by atoms with Crippen LogP contribution in [-0.2, 0) is 0 Å². The van der Waals surface area contributed by atoms with Gasteiger partial charge in [0, 0.05) is 10.6 Å². The predicted octanol–water partition coefficient (Wildman–Crippen LogP) is 2.95. The average molecular weight is 185 g/mol. The summed E-state index contributed by atoms with van der Waals surface area (Å²) in [5.74, 6) is 0. The molecule has 0 saturated carbocycles. The van der Waals surface area contributed by atoms with E-state index in [4.69, 9.17) is 5.73 Å². The zero-order valence-corrected chi connectivity index (χ0v) is 8.26. The van der Waals surface area contributed by atoms with Crippen LogP contribution in [-0.4, -0.2) is 6.26 Å². The lowest BCUT2D eigenvalue weighted by atomic mass is 10.2. The first-order chi connectivity index (χ1) is 5.24. The molecule has 2 N–H and O–H groups in total. The first kappa shape index (κ1) is 8.81. The summed E-state index contributed by atoms with van der Waals surface area (Å²) in [6.45, 7) is 2.05. The van der Waals surface area contributed by atoms with Crippen LogP contribution in [0, 0.1) is 6.92 Å². The Hall–Kier alpha value is -0.280. The number of hydrogen-bond donors (Lipinski definition) is 1. The molecule has 3 heteroatoms. The zero-order chi connectivity index (χ0) is 8.27. The van der Waals surface area contributed by atoms with E-state index in [2.05, 4.69) is 12.1 Å². The van der Waals surface area contributed by atoms with Gasteiger partial charge in [0.2, 0.25) is 0 Å². The molecule has 1 rings (SSSR count). The standard InChI is InChI=1S/C8H11NS2/c1-6-3-4-8(11-10-2)7(9)5-6/h3-5H,9H2,1-2H3. The van der Waals surface area contributed by atoms with Gasteiger partial charge < -0.3 is 5.73 Å². The summed E-state index contributed by atoms with van der Waals surface area (Å²) < 4.78 is 0. The third-order valence-corrected chi connectivity index (χ3v) is 3.10. The second kappa shape index (κ2) is 3.93. The quantitative estimate of drug-likeness (QED) is 0.566. The Bertz CT molecular complexity index is 248. The van der Waals surface area contributed by atoms with Gasteiger partial charge in [-0.15, -0.1) is 0 Å². The first-order valence-electron chi connectivity index (χ1n) is 3.31. The Balaban J connectivity index is 2.90. The minimum absolute atomic E-state index is 0.879. The highest BCUT2D eigenvalue weighted by atomic mass is 33.1. The van der Waals surface area contributed by atoms with Crippen LogP contribution in [0.15, 0.2) is 23.1 Å².